The molecular weight excluding hydrogens is 396 g/mol. The molecule has 0 radical (unpaired) electrons. The van der Waals surface area contributed by atoms with Crippen LogP contribution in [0, 0.1) is 0 Å². The van der Waals surface area contributed by atoms with Crippen molar-refractivity contribution in [1.29, 1.82) is 0 Å². The lowest BCUT2D eigenvalue weighted by molar-refractivity contribution is -0.151. The minimum absolute atomic E-state index is 0.137. The summed E-state index contributed by atoms with van der Waals surface area (Å²) >= 11 is 3.35. The SMILES string of the molecule is O=C(Cc1ccc(Br)cc1)OCC(=O)N1CCN(c2ccccc2)CC1. The van der Waals surface area contributed by atoms with Gasteiger partial charge < -0.3 is 14.5 Å². The van der Waals surface area contributed by atoms with E-state index in [1.165, 1.54) is 5.69 Å². The monoisotopic (exact) mass is 416 g/mol. The number of piperazine rings is 1. The number of halogens is 1. The van der Waals surface area contributed by atoms with Crippen LogP contribution < -0.4 is 4.90 Å². The van der Waals surface area contributed by atoms with Gasteiger partial charge in [-0.15, -0.1) is 0 Å². The Kier molecular flexibility index (Phi) is 6.28. The molecule has 0 N–H and O–H groups in total. The summed E-state index contributed by atoms with van der Waals surface area (Å²) in [6.07, 6.45) is 0.169. The van der Waals surface area contributed by atoms with E-state index in [4.69, 9.17) is 4.74 Å². The highest BCUT2D eigenvalue weighted by Gasteiger charge is 2.22. The predicted molar refractivity (Wildman–Crippen MR) is 104 cm³/mol. The molecular formula is C20H21BrN2O3. The molecule has 1 aliphatic rings. The smallest absolute Gasteiger partial charge is 0.310 e. The highest BCUT2D eigenvalue weighted by Crippen LogP contribution is 2.15. The van der Waals surface area contributed by atoms with Gasteiger partial charge >= 0.3 is 5.97 Å². The maximum Gasteiger partial charge on any atom is 0.310 e. The first kappa shape index (κ1) is 18.5. The molecule has 1 saturated heterocycles. The molecule has 6 heteroatoms. The first-order valence-corrected chi connectivity index (χ1v) is 9.39. The second kappa shape index (κ2) is 8.85. The van der Waals surface area contributed by atoms with E-state index in [1.807, 2.05) is 42.5 Å². The molecule has 3 rings (SSSR count). The minimum atomic E-state index is -0.386. The molecule has 1 amide bonds. The van der Waals surface area contributed by atoms with Crippen LogP contribution >= 0.6 is 15.9 Å². The van der Waals surface area contributed by atoms with Crippen molar-refractivity contribution in [2.75, 3.05) is 37.7 Å². The molecule has 0 aliphatic carbocycles. The summed E-state index contributed by atoms with van der Waals surface area (Å²) in [6.45, 7) is 2.64. The van der Waals surface area contributed by atoms with Gasteiger partial charge in [0.15, 0.2) is 6.61 Å². The van der Waals surface area contributed by atoms with Gasteiger partial charge in [0.05, 0.1) is 6.42 Å². The van der Waals surface area contributed by atoms with E-state index in [2.05, 4.69) is 33.0 Å². The third kappa shape index (κ3) is 5.08. The van der Waals surface area contributed by atoms with Crippen LogP contribution in [0.4, 0.5) is 5.69 Å². The molecule has 0 bridgehead atoms. The number of esters is 1. The fourth-order valence-electron chi connectivity index (χ4n) is 2.91. The molecule has 2 aromatic carbocycles. The van der Waals surface area contributed by atoms with Gasteiger partial charge in [-0.2, -0.15) is 0 Å². The van der Waals surface area contributed by atoms with E-state index in [0.29, 0.717) is 13.1 Å². The molecule has 136 valence electrons. The maximum atomic E-state index is 12.3. The Morgan fingerprint density at radius 2 is 1.58 bits per heavy atom. The van der Waals surface area contributed by atoms with Crippen LogP contribution in [0.25, 0.3) is 0 Å². The third-order valence-electron chi connectivity index (χ3n) is 4.37. The Hall–Kier alpha value is -2.34. The quantitative estimate of drug-likeness (QED) is 0.703. The minimum Gasteiger partial charge on any atom is -0.455 e. The normalized spacial score (nSPS) is 14.2. The van der Waals surface area contributed by atoms with Crippen LogP contribution in [0.3, 0.4) is 0 Å². The van der Waals surface area contributed by atoms with E-state index in [-0.39, 0.29) is 24.9 Å². The Morgan fingerprint density at radius 3 is 2.23 bits per heavy atom. The van der Waals surface area contributed by atoms with Gasteiger partial charge in [0.1, 0.15) is 0 Å². The number of anilines is 1. The van der Waals surface area contributed by atoms with E-state index in [0.717, 1.165) is 23.1 Å². The van der Waals surface area contributed by atoms with Crippen molar-refractivity contribution < 1.29 is 14.3 Å². The Morgan fingerprint density at radius 1 is 0.923 bits per heavy atom. The third-order valence-corrected chi connectivity index (χ3v) is 4.90. The van der Waals surface area contributed by atoms with Crippen LogP contribution in [0.15, 0.2) is 59.1 Å². The van der Waals surface area contributed by atoms with Crippen LogP contribution in [0.2, 0.25) is 0 Å². The molecule has 26 heavy (non-hydrogen) atoms. The predicted octanol–water partition coefficient (Wildman–Crippen LogP) is 2.88. The average molecular weight is 417 g/mol. The van der Waals surface area contributed by atoms with E-state index < -0.39 is 0 Å². The second-order valence-electron chi connectivity index (χ2n) is 6.17. The largest absolute Gasteiger partial charge is 0.455 e. The number of benzene rings is 2. The van der Waals surface area contributed by atoms with Crippen molar-refractivity contribution >= 4 is 33.5 Å². The van der Waals surface area contributed by atoms with E-state index >= 15 is 0 Å². The first-order valence-electron chi connectivity index (χ1n) is 8.59. The molecule has 1 fully saturated rings. The van der Waals surface area contributed by atoms with Crippen molar-refractivity contribution in [2.45, 2.75) is 6.42 Å². The molecule has 0 saturated carbocycles. The van der Waals surface area contributed by atoms with Crippen molar-refractivity contribution in [3.05, 3.63) is 64.6 Å². The Balaban J connectivity index is 1.41. The summed E-state index contributed by atoms with van der Waals surface area (Å²) in [5, 5.41) is 0. The number of amides is 1. The van der Waals surface area contributed by atoms with Crippen LogP contribution in [0.5, 0.6) is 0 Å². The zero-order valence-electron chi connectivity index (χ0n) is 14.4. The van der Waals surface area contributed by atoms with Crippen LogP contribution in [0.1, 0.15) is 5.56 Å². The Bertz CT molecular complexity index is 741. The van der Waals surface area contributed by atoms with Gasteiger partial charge in [0.2, 0.25) is 0 Å². The summed E-state index contributed by atoms with van der Waals surface area (Å²) in [5.74, 6) is -0.523. The summed E-state index contributed by atoms with van der Waals surface area (Å²) in [5.41, 5.74) is 2.03. The number of para-hydroxylation sites is 1. The van der Waals surface area contributed by atoms with E-state index in [9.17, 15) is 9.59 Å². The lowest BCUT2D eigenvalue weighted by atomic mass is 10.2. The zero-order valence-corrected chi connectivity index (χ0v) is 16.0. The number of nitrogens with zero attached hydrogens (tertiary/aromatic N) is 2. The van der Waals surface area contributed by atoms with Gasteiger partial charge in [-0.05, 0) is 29.8 Å². The fraction of sp³-hybridized carbons (Fsp3) is 0.300. The van der Waals surface area contributed by atoms with Crippen molar-refractivity contribution in [3.63, 3.8) is 0 Å². The molecule has 5 nitrogen and oxygen atoms in total. The zero-order chi connectivity index (χ0) is 18.4. The number of rotatable bonds is 5. The number of hydrogen-bond acceptors (Lipinski definition) is 4. The van der Waals surface area contributed by atoms with Gasteiger partial charge in [-0.3, -0.25) is 9.59 Å². The number of carbonyl (C=O) groups excluding carboxylic acids is 2. The maximum absolute atomic E-state index is 12.3. The summed E-state index contributed by atoms with van der Waals surface area (Å²) in [6, 6.07) is 17.6. The van der Waals surface area contributed by atoms with Crippen molar-refractivity contribution in [2.24, 2.45) is 0 Å². The van der Waals surface area contributed by atoms with Gasteiger partial charge in [0.25, 0.3) is 5.91 Å². The summed E-state index contributed by atoms with van der Waals surface area (Å²) < 4.78 is 6.11. The fourth-order valence-corrected chi connectivity index (χ4v) is 3.17. The molecule has 0 aromatic heterocycles. The van der Waals surface area contributed by atoms with Crippen molar-refractivity contribution in [1.82, 2.24) is 4.90 Å². The first-order chi connectivity index (χ1) is 12.6. The lowest BCUT2D eigenvalue weighted by Gasteiger charge is -2.36. The molecule has 2 aromatic rings. The second-order valence-corrected chi connectivity index (χ2v) is 7.08. The highest BCUT2D eigenvalue weighted by molar-refractivity contribution is 9.10. The van der Waals surface area contributed by atoms with Gasteiger partial charge in [-0.1, -0.05) is 46.3 Å². The van der Waals surface area contributed by atoms with Gasteiger partial charge in [-0.25, -0.2) is 0 Å². The summed E-state index contributed by atoms with van der Waals surface area (Å²) in [4.78, 5) is 28.2. The topological polar surface area (TPSA) is 49.9 Å². The van der Waals surface area contributed by atoms with E-state index in [1.54, 1.807) is 4.90 Å². The number of ether oxygens (including phenoxy) is 1. The number of carbonyl (C=O) groups is 2. The standard InChI is InChI=1S/C20H21BrN2O3/c21-17-8-6-16(7-9-17)14-20(25)26-15-19(24)23-12-10-22(11-13-23)18-4-2-1-3-5-18/h1-9H,10-15H2. The average Bonchev–Trinajstić information content (AvgIpc) is 2.69. The molecule has 0 spiro atoms. The molecule has 0 unspecified atom stereocenters. The van der Waals surface area contributed by atoms with Crippen LogP contribution in [-0.4, -0.2) is 49.6 Å². The number of hydrogen-bond donors (Lipinski definition) is 0. The van der Waals surface area contributed by atoms with Crippen molar-refractivity contribution in [3.8, 4) is 0 Å². The molecule has 1 aliphatic heterocycles. The highest BCUT2D eigenvalue weighted by atomic mass is 79.9. The van der Waals surface area contributed by atoms with Crippen LogP contribution in [-0.2, 0) is 20.7 Å². The molecule has 0 atom stereocenters. The summed E-state index contributed by atoms with van der Waals surface area (Å²) in [7, 11) is 0. The Labute approximate surface area is 161 Å². The molecule has 1 heterocycles. The lowest BCUT2D eigenvalue weighted by Crippen LogP contribution is -2.49. The van der Waals surface area contributed by atoms with Gasteiger partial charge in [0, 0.05) is 36.3 Å².